The van der Waals surface area contributed by atoms with Gasteiger partial charge in [-0.1, -0.05) is 11.2 Å². The Morgan fingerprint density at radius 1 is 0.878 bits per heavy atom. The minimum absolute atomic E-state index is 0.0300. The van der Waals surface area contributed by atoms with Gasteiger partial charge in [0.2, 0.25) is 5.89 Å². The van der Waals surface area contributed by atoms with Crippen LogP contribution in [0.25, 0.3) is 21.5 Å². The van der Waals surface area contributed by atoms with Crippen molar-refractivity contribution in [2.24, 2.45) is 5.11 Å². The van der Waals surface area contributed by atoms with E-state index in [0.717, 1.165) is 0 Å². The molecule has 1 aliphatic heterocycles. The van der Waals surface area contributed by atoms with Crippen molar-refractivity contribution in [3.05, 3.63) is 34.5 Å². The number of aromatic nitrogens is 1. The number of azide groups is 1. The van der Waals surface area contributed by atoms with Crippen LogP contribution in [0, 0.1) is 0 Å². The van der Waals surface area contributed by atoms with Crippen LogP contribution >= 0.6 is 0 Å². The fourth-order valence-electron chi connectivity index (χ4n) is 3.40. The number of oxazole rings is 1. The largest absolute Gasteiger partial charge is 0.489 e. The summed E-state index contributed by atoms with van der Waals surface area (Å²) in [4.78, 5) is 46.1. The van der Waals surface area contributed by atoms with Crippen LogP contribution in [0.3, 0.4) is 0 Å². The van der Waals surface area contributed by atoms with Gasteiger partial charge in [-0.05, 0) is 17.7 Å². The molecule has 2 amide bonds. The van der Waals surface area contributed by atoms with Crippen LogP contribution in [0.1, 0.15) is 25.2 Å². The van der Waals surface area contributed by atoms with Gasteiger partial charge in [0.1, 0.15) is 18.9 Å². The molecule has 16 nitrogen and oxygen atoms in total. The molecule has 1 aliphatic rings. The van der Waals surface area contributed by atoms with Crippen LogP contribution < -0.4 is 4.74 Å². The molecule has 0 bridgehead atoms. The number of para-hydroxylation sites is 1. The third kappa shape index (κ3) is 11.7. The topological polar surface area (TPSA) is 194 Å². The summed E-state index contributed by atoms with van der Waals surface area (Å²) in [5.74, 6) is -0.862. The van der Waals surface area contributed by atoms with Crippen molar-refractivity contribution in [3.63, 3.8) is 0 Å². The first-order valence-electron chi connectivity index (χ1n) is 13.1. The Bertz CT molecular complexity index is 1150. The average Bonchev–Trinajstić information content (AvgIpc) is 3.54. The summed E-state index contributed by atoms with van der Waals surface area (Å²) in [7, 11) is 0. The number of hydrogen-bond acceptors (Lipinski definition) is 13. The third-order valence-corrected chi connectivity index (χ3v) is 5.32. The van der Waals surface area contributed by atoms with E-state index in [-0.39, 0.29) is 39.0 Å². The predicted octanol–water partition coefficient (Wildman–Crippen LogP) is 2.10. The van der Waals surface area contributed by atoms with E-state index < -0.39 is 17.8 Å². The fraction of sp³-hybridized carbons (Fsp3) is 0.600. The number of hydrogen-bond donors (Lipinski definition) is 0. The zero-order valence-electron chi connectivity index (χ0n) is 22.6. The van der Waals surface area contributed by atoms with Crippen molar-refractivity contribution in [2.75, 3.05) is 72.7 Å². The minimum Gasteiger partial charge on any atom is -0.489 e. The first-order valence-corrected chi connectivity index (χ1v) is 13.1. The molecule has 0 saturated carbocycles. The molecule has 1 aromatic heterocycles. The van der Waals surface area contributed by atoms with E-state index in [4.69, 9.17) is 43.2 Å². The summed E-state index contributed by atoms with van der Waals surface area (Å²) in [5, 5.41) is 3.96. The Morgan fingerprint density at radius 3 is 2.02 bits per heavy atom. The highest BCUT2D eigenvalue weighted by atomic mass is 16.7. The lowest BCUT2D eigenvalue weighted by Gasteiger charge is -2.12. The number of carbonyl (C=O) groups is 3. The summed E-state index contributed by atoms with van der Waals surface area (Å²) in [6.45, 7) is 3.83. The van der Waals surface area contributed by atoms with E-state index in [9.17, 15) is 14.4 Å². The molecule has 0 radical (unpaired) electrons. The normalized spacial score (nSPS) is 13.1. The number of fused-ring (bicyclic) bond motifs is 1. The Kier molecular flexibility index (Phi) is 14.3. The number of amides is 2. The van der Waals surface area contributed by atoms with E-state index in [2.05, 4.69) is 15.0 Å². The molecule has 3 rings (SSSR count). The molecule has 0 aliphatic carbocycles. The van der Waals surface area contributed by atoms with Crippen LogP contribution in [0.15, 0.2) is 27.7 Å². The number of ether oxygens (including phenoxy) is 6. The number of nitrogens with zero attached hydrogens (tertiary/aromatic N) is 5. The SMILES string of the molecule is [N-]=[N+]=NCc1nc2c(OCCOCCOCCOCCOCCOCCC(=O)ON3C(=O)CCC3=O)cccc2o1. The third-order valence-electron chi connectivity index (χ3n) is 5.32. The summed E-state index contributed by atoms with van der Waals surface area (Å²) in [6.07, 6.45) is 0.0291. The monoisotopic (exact) mass is 579 g/mol. The van der Waals surface area contributed by atoms with Gasteiger partial charge in [-0.3, -0.25) is 9.59 Å². The second-order valence-electron chi connectivity index (χ2n) is 8.30. The van der Waals surface area contributed by atoms with E-state index >= 15 is 0 Å². The molecule has 0 spiro atoms. The first kappa shape index (κ1) is 31.7. The molecule has 0 unspecified atom stereocenters. The highest BCUT2D eigenvalue weighted by Crippen LogP contribution is 2.26. The Labute approximate surface area is 235 Å². The van der Waals surface area contributed by atoms with E-state index in [0.29, 0.717) is 87.3 Å². The maximum Gasteiger partial charge on any atom is 0.335 e. The van der Waals surface area contributed by atoms with Gasteiger partial charge in [-0.15, -0.1) is 5.06 Å². The van der Waals surface area contributed by atoms with Crippen molar-refractivity contribution in [3.8, 4) is 5.75 Å². The lowest BCUT2D eigenvalue weighted by molar-refractivity contribution is -0.198. The van der Waals surface area contributed by atoms with Gasteiger partial charge < -0.3 is 37.7 Å². The summed E-state index contributed by atoms with van der Waals surface area (Å²) in [5.41, 5.74) is 9.53. The molecule has 1 aromatic carbocycles. The van der Waals surface area contributed by atoms with Gasteiger partial charge in [-0.2, -0.15) is 0 Å². The van der Waals surface area contributed by atoms with Crippen LogP contribution in [-0.4, -0.2) is 101 Å². The van der Waals surface area contributed by atoms with Crippen molar-refractivity contribution in [1.82, 2.24) is 10.0 Å². The van der Waals surface area contributed by atoms with Crippen LogP contribution in [0.5, 0.6) is 5.75 Å². The molecule has 1 saturated heterocycles. The first-order chi connectivity index (χ1) is 20.1. The zero-order valence-corrected chi connectivity index (χ0v) is 22.6. The molecular weight excluding hydrogens is 546 g/mol. The second-order valence-corrected chi connectivity index (χ2v) is 8.30. The highest BCUT2D eigenvalue weighted by Gasteiger charge is 2.32. The molecule has 0 atom stereocenters. The molecule has 2 aromatic rings. The van der Waals surface area contributed by atoms with Crippen LogP contribution in [0.4, 0.5) is 0 Å². The molecule has 0 N–H and O–H groups in total. The maximum atomic E-state index is 11.6. The number of rotatable bonds is 22. The quantitative estimate of drug-likeness (QED) is 0.0649. The number of benzene rings is 1. The smallest absolute Gasteiger partial charge is 0.335 e. The summed E-state index contributed by atoms with van der Waals surface area (Å²) in [6, 6.07) is 5.32. The number of hydroxylamine groups is 2. The van der Waals surface area contributed by atoms with Gasteiger partial charge in [-0.25, -0.2) is 9.78 Å². The van der Waals surface area contributed by atoms with Gasteiger partial charge in [0.25, 0.3) is 11.8 Å². The Balaban J connectivity index is 1.06. The van der Waals surface area contributed by atoms with E-state index in [1.807, 2.05) is 0 Å². The molecule has 41 heavy (non-hydrogen) atoms. The van der Waals surface area contributed by atoms with E-state index in [1.165, 1.54) is 0 Å². The van der Waals surface area contributed by atoms with Crippen molar-refractivity contribution < 1.29 is 52.1 Å². The lowest BCUT2D eigenvalue weighted by atomic mass is 10.3. The summed E-state index contributed by atoms with van der Waals surface area (Å²) < 4.78 is 38.2. The van der Waals surface area contributed by atoms with Crippen molar-refractivity contribution >= 4 is 28.9 Å². The summed E-state index contributed by atoms with van der Waals surface area (Å²) >= 11 is 0. The standard InChI is InChI=1S/C25H33N5O11/c26-29-27-18-21-28-25-19(2-1-3-20(25)40-21)39-17-16-38-15-14-37-13-12-36-11-10-35-9-8-34-7-6-24(33)41-30-22(31)4-5-23(30)32/h1-3H,4-18H2. The van der Waals surface area contributed by atoms with Gasteiger partial charge >= 0.3 is 5.97 Å². The number of carbonyl (C=O) groups excluding carboxylic acids is 3. The molecule has 16 heteroatoms. The van der Waals surface area contributed by atoms with Crippen molar-refractivity contribution in [1.29, 1.82) is 0 Å². The van der Waals surface area contributed by atoms with Gasteiger partial charge in [0, 0.05) is 17.8 Å². The maximum absolute atomic E-state index is 11.6. The molecule has 2 heterocycles. The Hall–Kier alpha value is -3.79. The average molecular weight is 580 g/mol. The molecular formula is C25H33N5O11. The minimum atomic E-state index is -0.705. The van der Waals surface area contributed by atoms with Crippen LogP contribution in [-0.2, 0) is 49.5 Å². The number of imide groups is 1. The van der Waals surface area contributed by atoms with Gasteiger partial charge in [0.15, 0.2) is 11.1 Å². The fourth-order valence-corrected chi connectivity index (χ4v) is 3.40. The second kappa shape index (κ2) is 18.5. The molecule has 1 fully saturated rings. The lowest BCUT2D eigenvalue weighted by Crippen LogP contribution is -2.32. The zero-order chi connectivity index (χ0) is 29.1. The van der Waals surface area contributed by atoms with Crippen LogP contribution in [0.2, 0.25) is 0 Å². The van der Waals surface area contributed by atoms with E-state index in [1.54, 1.807) is 18.2 Å². The molecule has 224 valence electrons. The van der Waals surface area contributed by atoms with Gasteiger partial charge in [0.05, 0.1) is 72.5 Å². The van der Waals surface area contributed by atoms with Crippen molar-refractivity contribution in [2.45, 2.75) is 25.8 Å². The predicted molar refractivity (Wildman–Crippen MR) is 138 cm³/mol. The highest BCUT2D eigenvalue weighted by molar-refractivity contribution is 6.01. The Morgan fingerprint density at radius 2 is 1.44 bits per heavy atom.